The van der Waals surface area contributed by atoms with Gasteiger partial charge in [0, 0.05) is 23.1 Å². The summed E-state index contributed by atoms with van der Waals surface area (Å²) in [5, 5.41) is 2.84. The number of carbonyl (C=O) groups is 1. The fourth-order valence-electron chi connectivity index (χ4n) is 4.06. The predicted octanol–water partition coefficient (Wildman–Crippen LogP) is 6.20. The third kappa shape index (κ3) is 4.44. The summed E-state index contributed by atoms with van der Waals surface area (Å²) >= 11 is 0. The molecule has 1 aliphatic carbocycles. The second-order valence-corrected chi connectivity index (χ2v) is 8.33. The van der Waals surface area contributed by atoms with Crippen molar-refractivity contribution in [3.63, 3.8) is 0 Å². The smallest absolute Gasteiger partial charge is 0.412 e. The molecule has 9 heteroatoms. The van der Waals surface area contributed by atoms with E-state index >= 15 is 0 Å². The fraction of sp³-hybridized carbons (Fsp3) is 0.375. The summed E-state index contributed by atoms with van der Waals surface area (Å²) in [5.74, 6) is -1.39. The van der Waals surface area contributed by atoms with Crippen LogP contribution in [-0.2, 0) is 4.74 Å². The Morgan fingerprint density at radius 1 is 1.21 bits per heavy atom. The molecule has 0 atom stereocenters. The summed E-state index contributed by atoms with van der Waals surface area (Å²) in [6, 6.07) is 7.64. The Morgan fingerprint density at radius 3 is 2.48 bits per heavy atom. The van der Waals surface area contributed by atoms with E-state index < -0.39 is 36.2 Å². The summed E-state index contributed by atoms with van der Waals surface area (Å²) < 4.78 is 54.6. The van der Waals surface area contributed by atoms with Crippen molar-refractivity contribution in [1.29, 1.82) is 0 Å². The van der Waals surface area contributed by atoms with Crippen molar-refractivity contribution in [2.45, 2.75) is 45.3 Å². The number of ether oxygens (including phenoxy) is 2. The van der Waals surface area contributed by atoms with Crippen LogP contribution in [0.2, 0.25) is 0 Å². The Kier molecular flexibility index (Phi) is 6.40. The molecule has 0 bridgehead atoms. The lowest BCUT2D eigenvalue weighted by molar-refractivity contribution is 0.129. The zero-order chi connectivity index (χ0) is 23.7. The number of nitrogens with two attached hydrogens (primary N) is 1. The van der Waals surface area contributed by atoms with Crippen molar-refractivity contribution in [3.05, 3.63) is 42.0 Å². The van der Waals surface area contributed by atoms with E-state index in [1.807, 2.05) is 4.57 Å². The number of hydrogen-bond acceptors (Lipinski definition) is 4. The first-order valence-electron chi connectivity index (χ1n) is 10.9. The van der Waals surface area contributed by atoms with Crippen molar-refractivity contribution in [3.8, 4) is 17.0 Å². The van der Waals surface area contributed by atoms with E-state index in [-0.39, 0.29) is 18.2 Å². The first-order valence-corrected chi connectivity index (χ1v) is 10.9. The summed E-state index contributed by atoms with van der Waals surface area (Å²) in [4.78, 5) is 11.8. The highest BCUT2D eigenvalue weighted by molar-refractivity contribution is 6.02. The van der Waals surface area contributed by atoms with E-state index in [1.54, 1.807) is 32.0 Å². The van der Waals surface area contributed by atoms with Gasteiger partial charge in [-0.05, 0) is 57.4 Å². The molecule has 1 aliphatic rings. The molecule has 0 radical (unpaired) electrons. The van der Waals surface area contributed by atoms with Crippen LogP contribution in [0.4, 0.5) is 29.3 Å². The number of carbonyl (C=O) groups excluding carboxylic acids is 1. The Bertz CT molecular complexity index is 1170. The number of nitrogens with zero attached hydrogens (tertiary/aromatic N) is 1. The highest BCUT2D eigenvalue weighted by atomic mass is 19.1. The van der Waals surface area contributed by atoms with Gasteiger partial charge in [0.25, 0.3) is 0 Å². The summed E-state index contributed by atoms with van der Waals surface area (Å²) in [6.45, 7) is 2.58. The largest absolute Gasteiger partial charge is 0.491 e. The number of amides is 1. The fourth-order valence-corrected chi connectivity index (χ4v) is 4.06. The number of rotatable bonds is 7. The highest BCUT2D eigenvalue weighted by Gasteiger charge is 2.28. The average molecular weight is 461 g/mol. The molecule has 1 heterocycles. The van der Waals surface area contributed by atoms with Crippen LogP contribution >= 0.6 is 0 Å². The first kappa shape index (κ1) is 22.8. The van der Waals surface area contributed by atoms with E-state index in [0.29, 0.717) is 22.5 Å². The van der Waals surface area contributed by atoms with Gasteiger partial charge in [0.15, 0.2) is 11.6 Å². The zero-order valence-corrected chi connectivity index (χ0v) is 18.5. The third-order valence-corrected chi connectivity index (χ3v) is 5.69. The maximum atomic E-state index is 14.9. The van der Waals surface area contributed by atoms with E-state index in [1.165, 1.54) is 0 Å². The number of hydrogen-bond donors (Lipinski definition) is 2. The lowest BCUT2D eigenvalue weighted by Gasteiger charge is -2.30. The van der Waals surface area contributed by atoms with Crippen LogP contribution in [0.1, 0.15) is 39.2 Å². The SMILES string of the molecule is CC(C)OC(=O)Nc1c(F)cc(-c2c(N)c3ccc(OCCF)cc3n2C2CCC2)cc1F. The number of fused-ring (bicyclic) bond motifs is 1. The Labute approximate surface area is 189 Å². The maximum Gasteiger partial charge on any atom is 0.412 e. The van der Waals surface area contributed by atoms with Gasteiger partial charge in [-0.2, -0.15) is 0 Å². The van der Waals surface area contributed by atoms with Crippen LogP contribution in [-0.4, -0.2) is 30.0 Å². The van der Waals surface area contributed by atoms with E-state index in [0.717, 1.165) is 36.9 Å². The molecule has 0 unspecified atom stereocenters. The van der Waals surface area contributed by atoms with Gasteiger partial charge < -0.3 is 19.8 Å². The number of benzene rings is 2. The van der Waals surface area contributed by atoms with Crippen molar-refractivity contribution in [2.24, 2.45) is 0 Å². The van der Waals surface area contributed by atoms with Crippen molar-refractivity contribution in [2.75, 3.05) is 24.3 Å². The number of alkyl halides is 1. The molecule has 0 spiro atoms. The lowest BCUT2D eigenvalue weighted by Crippen LogP contribution is -2.20. The standard InChI is InChI=1S/C24H26F3N3O3/c1-13(2)33-24(31)29-22-18(26)10-14(11-19(22)27)23-21(28)17-7-6-16(32-9-8-25)12-20(17)30(23)15-4-3-5-15/h6-7,10-13,15H,3-5,8-9,28H2,1-2H3,(H,29,31). The molecule has 4 rings (SSSR count). The molecule has 2 aromatic carbocycles. The van der Waals surface area contributed by atoms with Gasteiger partial charge in [-0.1, -0.05) is 0 Å². The molecule has 3 N–H and O–H groups in total. The van der Waals surface area contributed by atoms with Crippen molar-refractivity contribution in [1.82, 2.24) is 4.57 Å². The quantitative estimate of drug-likeness (QED) is 0.439. The first-order chi connectivity index (χ1) is 15.8. The molecule has 0 saturated heterocycles. The van der Waals surface area contributed by atoms with Gasteiger partial charge >= 0.3 is 6.09 Å². The number of nitrogens with one attached hydrogen (secondary N) is 1. The van der Waals surface area contributed by atoms with Crippen LogP contribution < -0.4 is 15.8 Å². The predicted molar refractivity (Wildman–Crippen MR) is 121 cm³/mol. The molecular weight excluding hydrogens is 435 g/mol. The van der Waals surface area contributed by atoms with Gasteiger partial charge in [-0.15, -0.1) is 0 Å². The molecule has 1 amide bonds. The second kappa shape index (κ2) is 9.25. The highest BCUT2D eigenvalue weighted by Crippen LogP contribution is 2.45. The number of anilines is 2. The Morgan fingerprint density at radius 2 is 1.91 bits per heavy atom. The summed E-state index contributed by atoms with van der Waals surface area (Å²) in [7, 11) is 0. The zero-order valence-electron chi connectivity index (χ0n) is 18.5. The molecule has 1 fully saturated rings. The van der Waals surface area contributed by atoms with E-state index in [2.05, 4.69) is 5.32 Å². The molecule has 176 valence electrons. The van der Waals surface area contributed by atoms with E-state index in [9.17, 15) is 18.0 Å². The molecule has 1 saturated carbocycles. The number of halogens is 3. The molecule has 1 aromatic heterocycles. The monoisotopic (exact) mass is 461 g/mol. The lowest BCUT2D eigenvalue weighted by atomic mass is 9.92. The molecule has 33 heavy (non-hydrogen) atoms. The van der Waals surface area contributed by atoms with E-state index in [4.69, 9.17) is 15.2 Å². The third-order valence-electron chi connectivity index (χ3n) is 5.69. The number of nitrogen functional groups attached to an aromatic ring is 1. The van der Waals surface area contributed by atoms with Crippen molar-refractivity contribution < 1.29 is 27.4 Å². The van der Waals surface area contributed by atoms with Crippen LogP contribution in [0.15, 0.2) is 30.3 Å². The van der Waals surface area contributed by atoms with Gasteiger partial charge in [0.2, 0.25) is 0 Å². The minimum Gasteiger partial charge on any atom is -0.491 e. The molecule has 3 aromatic rings. The van der Waals surface area contributed by atoms with Crippen LogP contribution in [0.25, 0.3) is 22.2 Å². The van der Waals surface area contributed by atoms with Gasteiger partial charge in [-0.3, -0.25) is 5.32 Å². The van der Waals surface area contributed by atoms with Crippen LogP contribution in [0.5, 0.6) is 5.75 Å². The average Bonchev–Trinajstić information content (AvgIpc) is 2.99. The Hall–Kier alpha value is -3.36. The van der Waals surface area contributed by atoms with Gasteiger partial charge in [0.05, 0.1) is 23.0 Å². The van der Waals surface area contributed by atoms with Crippen LogP contribution in [0.3, 0.4) is 0 Å². The topological polar surface area (TPSA) is 78.5 Å². The Balaban J connectivity index is 1.80. The summed E-state index contributed by atoms with van der Waals surface area (Å²) in [5.41, 5.74) is 7.75. The van der Waals surface area contributed by atoms with Gasteiger partial charge in [0.1, 0.15) is 24.7 Å². The molecular formula is C24H26F3N3O3. The van der Waals surface area contributed by atoms with Gasteiger partial charge in [-0.25, -0.2) is 18.0 Å². The normalized spacial score (nSPS) is 13.9. The minimum absolute atomic E-state index is 0.0673. The summed E-state index contributed by atoms with van der Waals surface area (Å²) in [6.07, 6.45) is 1.45. The molecule has 0 aliphatic heterocycles. The molecule has 6 nitrogen and oxygen atoms in total. The van der Waals surface area contributed by atoms with Crippen LogP contribution in [0, 0.1) is 11.6 Å². The maximum absolute atomic E-state index is 14.9. The number of aromatic nitrogens is 1. The second-order valence-electron chi connectivity index (χ2n) is 8.33. The minimum atomic E-state index is -0.945. The van der Waals surface area contributed by atoms with Crippen molar-refractivity contribution >= 4 is 28.4 Å².